The molecular weight excluding hydrogens is 381 g/mol. The second-order valence-corrected chi connectivity index (χ2v) is 7.10. The first-order chi connectivity index (χ1) is 9.54. The number of aromatic nitrogens is 2. The number of anilines is 1. The van der Waals surface area contributed by atoms with E-state index in [0.717, 1.165) is 33.9 Å². The fraction of sp³-hybridized carbons (Fsp3) is 0.467. The number of rotatable bonds is 5. The molecule has 0 saturated heterocycles. The summed E-state index contributed by atoms with van der Waals surface area (Å²) in [5, 5.41) is 5.52. The van der Waals surface area contributed by atoms with Gasteiger partial charge in [-0.15, -0.1) is 11.3 Å². The number of thiophene rings is 1. The van der Waals surface area contributed by atoms with Gasteiger partial charge in [-0.05, 0) is 58.9 Å². The first kappa shape index (κ1) is 15.7. The van der Waals surface area contributed by atoms with Crippen LogP contribution in [0.25, 0.3) is 10.7 Å². The fourth-order valence-corrected chi connectivity index (χ4v) is 3.82. The third kappa shape index (κ3) is 3.31. The zero-order valence-corrected chi connectivity index (χ0v) is 15.3. The second-order valence-electron chi connectivity index (χ2n) is 5.11. The molecule has 2 aromatic rings. The fourth-order valence-electron chi connectivity index (χ4n) is 1.91. The van der Waals surface area contributed by atoms with Crippen LogP contribution in [0.1, 0.15) is 44.4 Å². The van der Waals surface area contributed by atoms with Gasteiger partial charge in [-0.3, -0.25) is 0 Å². The molecule has 0 aromatic carbocycles. The molecule has 5 heteroatoms. The normalized spacial score (nSPS) is 11.1. The minimum Gasteiger partial charge on any atom is -0.369 e. The topological polar surface area (TPSA) is 37.8 Å². The first-order valence-electron chi connectivity index (χ1n) is 6.90. The van der Waals surface area contributed by atoms with Crippen molar-refractivity contribution in [2.75, 3.05) is 11.9 Å². The smallest absolute Gasteiger partial charge is 0.172 e. The highest BCUT2D eigenvalue weighted by atomic mass is 127. The van der Waals surface area contributed by atoms with Crippen molar-refractivity contribution < 1.29 is 0 Å². The Balaban J connectivity index is 2.53. The molecule has 2 heterocycles. The largest absolute Gasteiger partial charge is 0.369 e. The van der Waals surface area contributed by atoms with Gasteiger partial charge in [-0.2, -0.15) is 0 Å². The quantitative estimate of drug-likeness (QED) is 0.712. The molecule has 2 rings (SSSR count). The number of aryl methyl sites for hydroxylation is 1. The van der Waals surface area contributed by atoms with Crippen molar-refractivity contribution in [1.29, 1.82) is 0 Å². The third-order valence-corrected chi connectivity index (χ3v) is 5.11. The van der Waals surface area contributed by atoms with Crippen molar-refractivity contribution >= 4 is 39.7 Å². The summed E-state index contributed by atoms with van der Waals surface area (Å²) < 4.78 is 1.14. The van der Waals surface area contributed by atoms with Crippen molar-refractivity contribution in [3.05, 3.63) is 26.3 Å². The van der Waals surface area contributed by atoms with E-state index in [1.807, 2.05) is 0 Å². The molecule has 0 bridgehead atoms. The Labute approximate surface area is 138 Å². The van der Waals surface area contributed by atoms with Gasteiger partial charge in [-0.1, -0.05) is 20.8 Å². The molecule has 3 nitrogen and oxygen atoms in total. The van der Waals surface area contributed by atoms with Crippen LogP contribution in [0.5, 0.6) is 0 Å². The second kappa shape index (κ2) is 6.85. The van der Waals surface area contributed by atoms with Crippen molar-refractivity contribution in [2.45, 2.75) is 40.0 Å². The Hall–Kier alpha value is -0.690. The monoisotopic (exact) mass is 401 g/mol. The lowest BCUT2D eigenvalue weighted by Crippen LogP contribution is -2.10. The molecule has 108 valence electrons. The van der Waals surface area contributed by atoms with E-state index in [9.17, 15) is 0 Å². The molecule has 1 N–H and O–H groups in total. The standard InChI is InChI=1S/C15H20IN3S/c1-5-7-17-14-11(16)12(9(2)3)18-15(19-14)13-10(4)6-8-20-13/h6,8-9H,5,7H2,1-4H3,(H,17,18,19). The minimum atomic E-state index is 0.395. The molecule has 0 fully saturated rings. The Morgan fingerprint density at radius 2 is 2.10 bits per heavy atom. The van der Waals surface area contributed by atoms with Crippen molar-refractivity contribution in [3.8, 4) is 10.7 Å². The van der Waals surface area contributed by atoms with Crippen molar-refractivity contribution in [2.24, 2.45) is 0 Å². The maximum absolute atomic E-state index is 4.80. The maximum Gasteiger partial charge on any atom is 0.172 e. The molecule has 0 saturated carbocycles. The molecule has 0 radical (unpaired) electrons. The van der Waals surface area contributed by atoms with Gasteiger partial charge in [0.15, 0.2) is 5.82 Å². The Morgan fingerprint density at radius 3 is 2.65 bits per heavy atom. The van der Waals surface area contributed by atoms with Crippen LogP contribution >= 0.6 is 33.9 Å². The van der Waals surface area contributed by atoms with Crippen LogP contribution in [-0.4, -0.2) is 16.5 Å². The number of hydrogen-bond donors (Lipinski definition) is 1. The molecule has 20 heavy (non-hydrogen) atoms. The molecule has 0 unspecified atom stereocenters. The summed E-state index contributed by atoms with van der Waals surface area (Å²) in [7, 11) is 0. The van der Waals surface area contributed by atoms with Crippen LogP contribution in [0, 0.1) is 10.5 Å². The van der Waals surface area contributed by atoms with Crippen LogP contribution in [0.2, 0.25) is 0 Å². The summed E-state index contributed by atoms with van der Waals surface area (Å²) in [5.74, 6) is 2.21. The summed E-state index contributed by atoms with van der Waals surface area (Å²) in [6, 6.07) is 2.12. The Kier molecular flexibility index (Phi) is 5.37. The average Bonchev–Trinajstić information content (AvgIpc) is 2.83. The zero-order valence-electron chi connectivity index (χ0n) is 12.3. The molecule has 0 aliphatic carbocycles. The third-order valence-electron chi connectivity index (χ3n) is 3.03. The lowest BCUT2D eigenvalue weighted by Gasteiger charge is -2.14. The van der Waals surface area contributed by atoms with E-state index in [2.05, 4.69) is 67.0 Å². The van der Waals surface area contributed by atoms with E-state index in [-0.39, 0.29) is 0 Å². The lowest BCUT2D eigenvalue weighted by atomic mass is 10.1. The highest BCUT2D eigenvalue weighted by Crippen LogP contribution is 2.32. The van der Waals surface area contributed by atoms with Crippen molar-refractivity contribution in [1.82, 2.24) is 9.97 Å². The van der Waals surface area contributed by atoms with E-state index in [0.29, 0.717) is 5.92 Å². The first-order valence-corrected chi connectivity index (χ1v) is 8.86. The van der Waals surface area contributed by atoms with Crippen LogP contribution in [0.3, 0.4) is 0 Å². The summed E-state index contributed by atoms with van der Waals surface area (Å²) in [5.41, 5.74) is 2.37. The van der Waals surface area contributed by atoms with Crippen LogP contribution in [0.4, 0.5) is 5.82 Å². The highest BCUT2D eigenvalue weighted by molar-refractivity contribution is 14.1. The predicted molar refractivity (Wildman–Crippen MR) is 95.7 cm³/mol. The van der Waals surface area contributed by atoms with Gasteiger partial charge in [0.1, 0.15) is 5.82 Å². The minimum absolute atomic E-state index is 0.395. The lowest BCUT2D eigenvalue weighted by molar-refractivity contribution is 0.807. The van der Waals surface area contributed by atoms with Gasteiger partial charge in [0, 0.05) is 6.54 Å². The summed E-state index contributed by atoms with van der Waals surface area (Å²) in [6.45, 7) is 9.57. The van der Waals surface area contributed by atoms with Crippen LogP contribution in [-0.2, 0) is 0 Å². The molecule has 0 spiro atoms. The van der Waals surface area contributed by atoms with Gasteiger partial charge in [-0.25, -0.2) is 9.97 Å². The van der Waals surface area contributed by atoms with Crippen molar-refractivity contribution in [3.63, 3.8) is 0 Å². The molecule has 0 aliphatic heterocycles. The molecule has 2 aromatic heterocycles. The molecule has 0 atom stereocenters. The zero-order chi connectivity index (χ0) is 14.7. The Bertz CT molecular complexity index is 593. The summed E-state index contributed by atoms with van der Waals surface area (Å²) in [6.07, 6.45) is 1.09. The SMILES string of the molecule is CCCNc1nc(-c2sccc2C)nc(C(C)C)c1I. The van der Waals surface area contributed by atoms with E-state index < -0.39 is 0 Å². The predicted octanol–water partition coefficient (Wildman–Crippen LogP) is 5.06. The van der Waals surface area contributed by atoms with E-state index in [1.54, 1.807) is 11.3 Å². The van der Waals surface area contributed by atoms with Gasteiger partial charge in [0.05, 0.1) is 14.1 Å². The number of nitrogens with one attached hydrogen (secondary N) is 1. The van der Waals surface area contributed by atoms with Gasteiger partial charge < -0.3 is 5.32 Å². The van der Waals surface area contributed by atoms with E-state index in [1.165, 1.54) is 10.4 Å². The summed E-state index contributed by atoms with van der Waals surface area (Å²) >= 11 is 4.06. The van der Waals surface area contributed by atoms with Crippen LogP contribution < -0.4 is 5.32 Å². The molecule has 0 amide bonds. The number of nitrogens with zero attached hydrogens (tertiary/aromatic N) is 2. The maximum atomic E-state index is 4.80. The summed E-state index contributed by atoms with van der Waals surface area (Å²) in [4.78, 5) is 10.7. The van der Waals surface area contributed by atoms with Gasteiger partial charge in [0.25, 0.3) is 0 Å². The van der Waals surface area contributed by atoms with E-state index in [4.69, 9.17) is 9.97 Å². The number of halogens is 1. The number of hydrogen-bond acceptors (Lipinski definition) is 4. The average molecular weight is 401 g/mol. The highest BCUT2D eigenvalue weighted by Gasteiger charge is 2.17. The van der Waals surface area contributed by atoms with Gasteiger partial charge in [0.2, 0.25) is 0 Å². The Morgan fingerprint density at radius 1 is 1.35 bits per heavy atom. The van der Waals surface area contributed by atoms with Gasteiger partial charge >= 0.3 is 0 Å². The molecular formula is C15H20IN3S. The van der Waals surface area contributed by atoms with Crippen LogP contribution in [0.15, 0.2) is 11.4 Å². The van der Waals surface area contributed by atoms with E-state index >= 15 is 0 Å². The molecule has 0 aliphatic rings.